The minimum Gasteiger partial charge on any atom is -0.352 e. The number of H-pyrrole nitrogens is 1. The van der Waals surface area contributed by atoms with E-state index in [-0.39, 0.29) is 80.7 Å². The first-order chi connectivity index (χ1) is 28.0. The third kappa shape index (κ3) is 9.33. The van der Waals surface area contributed by atoms with Gasteiger partial charge in [0, 0.05) is 65.7 Å². The molecule has 0 saturated carbocycles. The van der Waals surface area contributed by atoms with E-state index in [9.17, 15) is 23.6 Å². The van der Waals surface area contributed by atoms with Gasteiger partial charge in [-0.2, -0.15) is 0 Å². The van der Waals surface area contributed by atoms with Crippen LogP contribution in [0.25, 0.3) is 33.5 Å². The Bertz CT molecular complexity index is 2190. The number of fused-ring (bicyclic) bond motifs is 2. The van der Waals surface area contributed by atoms with Gasteiger partial charge in [0.15, 0.2) is 5.82 Å². The predicted molar refractivity (Wildman–Crippen MR) is 224 cm³/mol. The molecule has 6 rings (SSSR count). The molecule has 2 fully saturated rings. The molecule has 0 spiro atoms. The van der Waals surface area contributed by atoms with Crippen LogP contribution in [0.1, 0.15) is 79.2 Å². The summed E-state index contributed by atoms with van der Waals surface area (Å²) in [5.74, 6) is -2.28. The number of amides is 3. The highest BCUT2D eigenvalue weighted by Gasteiger charge is 2.42. The number of hydrogen-bond acceptors (Lipinski definition) is 6. The van der Waals surface area contributed by atoms with Crippen LogP contribution in [-0.4, -0.2) is 104 Å². The SMILES string of the molecule is CC[C@H](CC(=O)[C@H](C)NC)C(=O)N1C[C@@H](F)C[C@H]1Cc1c(-c2nc3cc(F)ccc3n2C[C@@H]2C[C@H](F)CN2C(=O)[C@@H](NC(=O)[C@H](C)CC)C(C)C)[nH]c2cc(Cl)ccc12. The lowest BCUT2D eigenvalue weighted by Gasteiger charge is -2.32. The molecule has 2 aliphatic rings. The Balaban J connectivity index is 1.40. The second-order valence-corrected chi connectivity index (χ2v) is 17.3. The van der Waals surface area contributed by atoms with E-state index in [4.69, 9.17) is 16.6 Å². The van der Waals surface area contributed by atoms with Crippen molar-refractivity contribution in [1.29, 1.82) is 0 Å². The van der Waals surface area contributed by atoms with E-state index in [0.29, 0.717) is 45.9 Å². The van der Waals surface area contributed by atoms with Gasteiger partial charge in [0.25, 0.3) is 0 Å². The van der Waals surface area contributed by atoms with Gasteiger partial charge in [-0.15, -0.1) is 0 Å². The largest absolute Gasteiger partial charge is 0.352 e. The van der Waals surface area contributed by atoms with Crippen LogP contribution in [0, 0.1) is 23.6 Å². The van der Waals surface area contributed by atoms with Crippen molar-refractivity contribution < 1.29 is 32.3 Å². The number of carbonyl (C=O) groups is 4. The number of ketones is 1. The van der Waals surface area contributed by atoms with Gasteiger partial charge in [-0.05, 0) is 69.0 Å². The summed E-state index contributed by atoms with van der Waals surface area (Å²) in [7, 11) is 1.69. The lowest BCUT2D eigenvalue weighted by Crippen LogP contribution is -2.54. The third-order valence-electron chi connectivity index (χ3n) is 12.4. The van der Waals surface area contributed by atoms with E-state index in [2.05, 4.69) is 15.6 Å². The van der Waals surface area contributed by atoms with Crippen molar-refractivity contribution >= 4 is 57.0 Å². The molecule has 4 heterocycles. The zero-order valence-electron chi connectivity index (χ0n) is 35.0. The third-order valence-corrected chi connectivity index (χ3v) is 12.7. The fraction of sp³-hybridized carbons (Fsp3) is 0.568. The summed E-state index contributed by atoms with van der Waals surface area (Å²) in [6, 6.07) is 7.11. The smallest absolute Gasteiger partial charge is 0.245 e. The molecule has 2 aromatic carbocycles. The van der Waals surface area contributed by atoms with Crippen LogP contribution in [0.3, 0.4) is 0 Å². The standard InChI is InChI=1S/C44H57ClF3N7O4/c1-8-24(5)42(57)52-39(23(3)4)44(59)54-21-30(48)17-32(54)22-55-37-13-11-28(46)18-36(37)51-41(55)40-34(33-12-10-27(45)15-35(33)50-40)19-31-16-29(47)20-53(31)43(58)26(9-2)14-38(56)25(6)49-7/h10-13,15,18,23-26,29-32,39,49-50H,8-9,14,16-17,19-22H2,1-7H3,(H,52,57)/t24-,25+,26-,29+,30+,31+,32+,39+/m1/s1. The normalized spacial score (nSPS) is 21.7. The number of halogens is 4. The van der Waals surface area contributed by atoms with E-state index in [0.717, 1.165) is 10.9 Å². The summed E-state index contributed by atoms with van der Waals surface area (Å²) in [6.45, 7) is 10.8. The Morgan fingerprint density at radius 3 is 2.25 bits per heavy atom. The predicted octanol–water partition coefficient (Wildman–Crippen LogP) is 7.18. The molecule has 3 N–H and O–H groups in total. The Labute approximate surface area is 348 Å². The molecule has 59 heavy (non-hydrogen) atoms. The molecule has 8 atom stereocenters. The molecule has 3 amide bonds. The number of nitrogens with one attached hydrogen (secondary N) is 3. The number of nitrogens with zero attached hydrogens (tertiary/aromatic N) is 4. The lowest BCUT2D eigenvalue weighted by atomic mass is 9.94. The van der Waals surface area contributed by atoms with Gasteiger partial charge in [0.05, 0.1) is 41.9 Å². The summed E-state index contributed by atoms with van der Waals surface area (Å²) in [4.78, 5) is 65.7. The highest BCUT2D eigenvalue weighted by Crippen LogP contribution is 2.38. The van der Waals surface area contributed by atoms with Crippen molar-refractivity contribution in [3.8, 4) is 11.5 Å². The van der Waals surface area contributed by atoms with Crippen molar-refractivity contribution in [2.45, 2.75) is 123 Å². The van der Waals surface area contributed by atoms with Gasteiger partial charge in [0.1, 0.15) is 30.0 Å². The van der Waals surface area contributed by atoms with Crippen LogP contribution in [-0.2, 0) is 32.1 Å². The lowest BCUT2D eigenvalue weighted by molar-refractivity contribution is -0.139. The van der Waals surface area contributed by atoms with Gasteiger partial charge < -0.3 is 30.0 Å². The van der Waals surface area contributed by atoms with Crippen LogP contribution in [0.4, 0.5) is 13.2 Å². The van der Waals surface area contributed by atoms with Crippen LogP contribution in [0.15, 0.2) is 36.4 Å². The number of alkyl halides is 2. The van der Waals surface area contributed by atoms with Crippen molar-refractivity contribution in [3.05, 3.63) is 52.8 Å². The van der Waals surface area contributed by atoms with Crippen molar-refractivity contribution in [2.75, 3.05) is 20.1 Å². The maximum atomic E-state index is 15.5. The van der Waals surface area contributed by atoms with Crippen molar-refractivity contribution in [3.63, 3.8) is 0 Å². The quantitative estimate of drug-likeness (QED) is 0.110. The molecule has 4 aromatic rings. The Morgan fingerprint density at radius 1 is 0.932 bits per heavy atom. The molecule has 0 aliphatic carbocycles. The van der Waals surface area contributed by atoms with E-state index >= 15 is 8.78 Å². The Kier molecular flexibility index (Phi) is 13.8. The van der Waals surface area contributed by atoms with Crippen LogP contribution >= 0.6 is 11.6 Å². The molecule has 0 radical (unpaired) electrons. The maximum Gasteiger partial charge on any atom is 0.245 e. The van der Waals surface area contributed by atoms with E-state index in [1.54, 1.807) is 44.0 Å². The summed E-state index contributed by atoms with van der Waals surface area (Å²) >= 11 is 6.48. The minimum atomic E-state index is -1.31. The minimum absolute atomic E-state index is 0.0383. The second kappa shape index (κ2) is 18.5. The summed E-state index contributed by atoms with van der Waals surface area (Å²) in [6.07, 6.45) is -1.17. The van der Waals surface area contributed by atoms with Gasteiger partial charge in [-0.3, -0.25) is 19.2 Å². The van der Waals surface area contributed by atoms with Gasteiger partial charge in [0.2, 0.25) is 17.7 Å². The fourth-order valence-corrected chi connectivity index (χ4v) is 8.75. The number of hydrogen-bond donors (Lipinski definition) is 3. The molecule has 0 bridgehead atoms. The van der Waals surface area contributed by atoms with Crippen LogP contribution in [0.5, 0.6) is 0 Å². The summed E-state index contributed by atoms with van der Waals surface area (Å²) in [5.41, 5.74) is 2.82. The van der Waals surface area contributed by atoms with Crippen LogP contribution < -0.4 is 10.6 Å². The fourth-order valence-electron chi connectivity index (χ4n) is 8.58. The molecule has 0 unspecified atom stereocenters. The highest BCUT2D eigenvalue weighted by molar-refractivity contribution is 6.31. The number of Topliss-reactive ketones (excluding diaryl/α,β-unsaturated/α-hetero) is 1. The molecule has 11 nitrogen and oxygen atoms in total. The number of aromatic nitrogens is 3. The number of likely N-dealkylation sites (N-methyl/N-ethyl adjacent to an activating group) is 1. The number of imidazole rings is 1. The number of carbonyl (C=O) groups excluding carboxylic acids is 4. The monoisotopic (exact) mass is 839 g/mol. The molecule has 2 saturated heterocycles. The second-order valence-electron chi connectivity index (χ2n) is 16.8. The van der Waals surface area contributed by atoms with E-state index < -0.39 is 48.2 Å². The van der Waals surface area contributed by atoms with Gasteiger partial charge in [-0.25, -0.2) is 18.2 Å². The molecular formula is C44H57ClF3N7O4. The first kappa shape index (κ1) is 44.1. The number of benzene rings is 2. The molecule has 2 aliphatic heterocycles. The zero-order valence-corrected chi connectivity index (χ0v) is 35.7. The number of rotatable bonds is 16. The number of likely N-dealkylation sites (tertiary alicyclic amines) is 2. The Morgan fingerprint density at radius 2 is 1.61 bits per heavy atom. The topological polar surface area (TPSA) is 132 Å². The summed E-state index contributed by atoms with van der Waals surface area (Å²) < 4.78 is 47.5. The first-order valence-electron chi connectivity index (χ1n) is 20.9. The average molecular weight is 840 g/mol. The van der Waals surface area contributed by atoms with Gasteiger partial charge >= 0.3 is 0 Å². The van der Waals surface area contributed by atoms with Crippen LogP contribution in [0.2, 0.25) is 5.02 Å². The zero-order chi connectivity index (χ0) is 42.9. The molecule has 15 heteroatoms. The first-order valence-corrected chi connectivity index (χ1v) is 21.3. The molecular weight excluding hydrogens is 783 g/mol. The highest BCUT2D eigenvalue weighted by atomic mass is 35.5. The molecule has 2 aromatic heterocycles. The Hall–Kier alpha value is -4.43. The summed E-state index contributed by atoms with van der Waals surface area (Å²) in [5, 5.41) is 7.08. The van der Waals surface area contributed by atoms with Crippen molar-refractivity contribution in [1.82, 2.24) is 35.0 Å². The van der Waals surface area contributed by atoms with E-state index in [1.807, 2.05) is 38.3 Å². The maximum absolute atomic E-state index is 15.5. The van der Waals surface area contributed by atoms with Crippen molar-refractivity contribution in [2.24, 2.45) is 17.8 Å². The van der Waals surface area contributed by atoms with Gasteiger partial charge in [-0.1, -0.05) is 52.3 Å². The number of aromatic amines is 1. The molecule has 320 valence electrons. The average Bonchev–Trinajstić information content (AvgIpc) is 3.96. The van der Waals surface area contributed by atoms with E-state index in [1.165, 1.54) is 17.0 Å².